The van der Waals surface area contributed by atoms with Gasteiger partial charge in [0.1, 0.15) is 5.75 Å². The number of phenols is 1. The molecule has 2 atom stereocenters. The first-order valence-electron chi connectivity index (χ1n) is 8.21. The minimum Gasteiger partial charge on any atom is -0.508 e. The molecule has 2 nitrogen and oxygen atoms in total. The van der Waals surface area contributed by atoms with Crippen LogP contribution in [-0.4, -0.2) is 16.7 Å². The van der Waals surface area contributed by atoms with Crippen LogP contribution >= 0.6 is 0 Å². The Morgan fingerprint density at radius 2 is 1.57 bits per heavy atom. The van der Waals surface area contributed by atoms with Crippen molar-refractivity contribution in [1.29, 1.82) is 0 Å². The number of nitrogens with one attached hydrogen (secondary N) is 1. The van der Waals surface area contributed by atoms with Crippen molar-refractivity contribution < 1.29 is 5.11 Å². The number of allylic oxidation sites excluding steroid dienone is 1. The molecule has 0 spiro atoms. The minimum atomic E-state index is -0.141. The third kappa shape index (κ3) is 3.32. The van der Waals surface area contributed by atoms with Gasteiger partial charge in [0.25, 0.3) is 0 Å². The van der Waals surface area contributed by atoms with Crippen LogP contribution in [0, 0.1) is 0 Å². The summed E-state index contributed by atoms with van der Waals surface area (Å²) in [6.45, 7) is 6.59. The Morgan fingerprint density at radius 3 is 2.17 bits per heavy atom. The molecular formula is C21H25NO. The monoisotopic (exact) mass is 307 g/mol. The molecular weight excluding hydrogens is 282 g/mol. The van der Waals surface area contributed by atoms with Crippen molar-refractivity contribution in [2.24, 2.45) is 0 Å². The van der Waals surface area contributed by atoms with E-state index in [1.165, 1.54) is 11.1 Å². The minimum absolute atomic E-state index is 0.0801. The van der Waals surface area contributed by atoms with E-state index in [0.29, 0.717) is 11.8 Å². The van der Waals surface area contributed by atoms with E-state index in [9.17, 15) is 5.11 Å². The summed E-state index contributed by atoms with van der Waals surface area (Å²) >= 11 is 0. The topological polar surface area (TPSA) is 32.3 Å². The van der Waals surface area contributed by atoms with Gasteiger partial charge in [-0.3, -0.25) is 0 Å². The first kappa shape index (κ1) is 15.8. The molecule has 0 saturated carbocycles. The molecule has 1 aliphatic rings. The van der Waals surface area contributed by atoms with Crippen molar-refractivity contribution in [1.82, 2.24) is 5.32 Å². The van der Waals surface area contributed by atoms with E-state index >= 15 is 0 Å². The number of aromatic hydroxyl groups is 1. The Balaban J connectivity index is 2.00. The van der Waals surface area contributed by atoms with Crippen LogP contribution in [0.2, 0.25) is 0 Å². The zero-order valence-corrected chi connectivity index (χ0v) is 14.1. The zero-order chi connectivity index (χ0) is 16.5. The van der Waals surface area contributed by atoms with Crippen molar-refractivity contribution in [2.75, 3.05) is 0 Å². The number of phenolic OH excluding ortho intramolecular Hbond substituents is 1. The zero-order valence-electron chi connectivity index (χ0n) is 14.1. The van der Waals surface area contributed by atoms with Crippen molar-refractivity contribution in [3.05, 3.63) is 77.9 Å². The van der Waals surface area contributed by atoms with E-state index in [4.69, 9.17) is 0 Å². The summed E-state index contributed by atoms with van der Waals surface area (Å²) in [4.78, 5) is 0. The smallest absolute Gasteiger partial charge is 0.115 e. The summed E-state index contributed by atoms with van der Waals surface area (Å²) in [6.07, 6.45) is 5.59. The maximum atomic E-state index is 9.63. The van der Waals surface area contributed by atoms with Gasteiger partial charge in [-0.15, -0.1) is 0 Å². The Kier molecular flexibility index (Phi) is 4.03. The van der Waals surface area contributed by atoms with E-state index in [0.717, 1.165) is 6.42 Å². The van der Waals surface area contributed by atoms with Crippen molar-refractivity contribution >= 4 is 0 Å². The summed E-state index contributed by atoms with van der Waals surface area (Å²) in [5.74, 6) is 0.309. The van der Waals surface area contributed by atoms with Crippen LogP contribution in [0.4, 0.5) is 0 Å². The quantitative estimate of drug-likeness (QED) is 0.824. The molecule has 2 aromatic rings. The fourth-order valence-electron chi connectivity index (χ4n) is 3.51. The highest BCUT2D eigenvalue weighted by Crippen LogP contribution is 2.42. The van der Waals surface area contributed by atoms with Gasteiger partial charge >= 0.3 is 0 Å². The van der Waals surface area contributed by atoms with Crippen molar-refractivity contribution in [3.63, 3.8) is 0 Å². The molecule has 1 aliphatic carbocycles. The van der Waals surface area contributed by atoms with Crippen LogP contribution in [0.15, 0.2) is 66.7 Å². The van der Waals surface area contributed by atoms with Crippen LogP contribution in [0.5, 0.6) is 5.75 Å². The Morgan fingerprint density at radius 1 is 0.957 bits per heavy atom. The number of rotatable bonds is 3. The predicted octanol–water partition coefficient (Wildman–Crippen LogP) is 4.39. The van der Waals surface area contributed by atoms with E-state index in [1.54, 1.807) is 12.1 Å². The van der Waals surface area contributed by atoms with Crippen LogP contribution in [0.3, 0.4) is 0 Å². The standard InChI is InChI=1S/C21H25NO/c1-20(2,3)22-18-13-14-21(15-18,16-7-5-4-6-8-16)17-9-11-19(23)12-10-17/h4-14,18,22-23H,15H2,1-3H3/t18-,21-/m1/s1. The predicted molar refractivity (Wildman–Crippen MR) is 95.8 cm³/mol. The second-order valence-electron chi connectivity index (χ2n) is 7.45. The van der Waals surface area contributed by atoms with Gasteiger partial charge < -0.3 is 10.4 Å². The van der Waals surface area contributed by atoms with Crippen LogP contribution < -0.4 is 5.32 Å². The van der Waals surface area contributed by atoms with Crippen molar-refractivity contribution in [2.45, 2.75) is 44.2 Å². The lowest BCUT2D eigenvalue weighted by Gasteiger charge is -2.32. The Labute approximate surface area is 138 Å². The van der Waals surface area contributed by atoms with Gasteiger partial charge in [0.05, 0.1) is 0 Å². The molecule has 0 aliphatic heterocycles. The fourth-order valence-corrected chi connectivity index (χ4v) is 3.51. The Hall–Kier alpha value is -2.06. The lowest BCUT2D eigenvalue weighted by molar-refractivity contribution is 0.371. The average Bonchev–Trinajstić information content (AvgIpc) is 2.92. The van der Waals surface area contributed by atoms with Gasteiger partial charge in [0, 0.05) is 17.0 Å². The van der Waals surface area contributed by atoms with Gasteiger partial charge in [-0.25, -0.2) is 0 Å². The van der Waals surface area contributed by atoms with Gasteiger partial charge in [0.2, 0.25) is 0 Å². The number of hydrogen-bond acceptors (Lipinski definition) is 2. The maximum absolute atomic E-state index is 9.63. The van der Waals surface area contributed by atoms with Gasteiger partial charge in [0.15, 0.2) is 0 Å². The van der Waals surface area contributed by atoms with Crippen molar-refractivity contribution in [3.8, 4) is 5.75 Å². The molecule has 23 heavy (non-hydrogen) atoms. The molecule has 2 aromatic carbocycles. The SMILES string of the molecule is CC(C)(C)N[C@@H]1C=C[C@@](c2ccccc2)(c2ccc(O)cc2)C1. The van der Waals surface area contributed by atoms with E-state index in [-0.39, 0.29) is 11.0 Å². The molecule has 0 heterocycles. The fraction of sp³-hybridized carbons (Fsp3) is 0.333. The highest BCUT2D eigenvalue weighted by Gasteiger charge is 2.38. The number of hydrogen-bond donors (Lipinski definition) is 2. The second kappa shape index (κ2) is 5.86. The maximum Gasteiger partial charge on any atom is 0.115 e. The highest BCUT2D eigenvalue weighted by atomic mass is 16.3. The van der Waals surface area contributed by atoms with Crippen LogP contribution in [0.1, 0.15) is 38.3 Å². The van der Waals surface area contributed by atoms with E-state index < -0.39 is 0 Å². The first-order valence-corrected chi connectivity index (χ1v) is 8.21. The molecule has 2 N–H and O–H groups in total. The molecule has 120 valence electrons. The Bertz CT molecular complexity index is 682. The normalized spacial score (nSPS) is 24.0. The molecule has 0 bridgehead atoms. The molecule has 0 aromatic heterocycles. The molecule has 0 fully saturated rings. The third-order valence-electron chi connectivity index (χ3n) is 4.44. The summed E-state index contributed by atoms with van der Waals surface area (Å²) in [5, 5.41) is 13.3. The van der Waals surface area contributed by atoms with Gasteiger partial charge in [-0.1, -0.05) is 54.6 Å². The lowest BCUT2D eigenvalue weighted by atomic mass is 9.73. The van der Waals surface area contributed by atoms with Gasteiger partial charge in [-0.05, 0) is 50.5 Å². The summed E-state index contributed by atoms with van der Waals surface area (Å²) < 4.78 is 0. The second-order valence-corrected chi connectivity index (χ2v) is 7.45. The molecule has 0 saturated heterocycles. The average molecular weight is 307 g/mol. The van der Waals surface area contributed by atoms with Gasteiger partial charge in [-0.2, -0.15) is 0 Å². The van der Waals surface area contributed by atoms with Crippen LogP contribution in [-0.2, 0) is 5.41 Å². The first-order chi connectivity index (χ1) is 10.9. The summed E-state index contributed by atoms with van der Waals surface area (Å²) in [7, 11) is 0. The molecule has 0 unspecified atom stereocenters. The van der Waals surface area contributed by atoms with Crippen LogP contribution in [0.25, 0.3) is 0 Å². The lowest BCUT2D eigenvalue weighted by Crippen LogP contribution is -2.43. The largest absolute Gasteiger partial charge is 0.508 e. The number of benzene rings is 2. The van der Waals surface area contributed by atoms with E-state index in [2.05, 4.69) is 68.6 Å². The summed E-state index contributed by atoms with van der Waals surface area (Å²) in [5.41, 5.74) is 2.45. The third-order valence-corrected chi connectivity index (χ3v) is 4.44. The summed E-state index contributed by atoms with van der Waals surface area (Å²) in [6, 6.07) is 18.6. The molecule has 2 heteroatoms. The molecule has 0 amide bonds. The highest BCUT2D eigenvalue weighted by molar-refractivity contribution is 5.48. The molecule has 3 rings (SSSR count). The molecule has 0 radical (unpaired) electrons. The van der Waals surface area contributed by atoms with E-state index in [1.807, 2.05) is 12.1 Å².